The minimum atomic E-state index is -1.00. The molecule has 0 aromatic carbocycles. The van der Waals surface area contributed by atoms with Crippen molar-refractivity contribution in [2.24, 2.45) is 0 Å². The summed E-state index contributed by atoms with van der Waals surface area (Å²) in [6.45, 7) is 0. The second-order valence-corrected chi connectivity index (χ2v) is 4.18. The van der Waals surface area contributed by atoms with Gasteiger partial charge in [0.15, 0.2) is 12.3 Å². The molecule has 0 unspecified atom stereocenters. The first-order chi connectivity index (χ1) is 8.11. The summed E-state index contributed by atoms with van der Waals surface area (Å²) in [6, 6.07) is -0.0570. The molecular formula is C9H8ClFN2O4. The van der Waals surface area contributed by atoms with E-state index in [2.05, 4.69) is 4.98 Å². The van der Waals surface area contributed by atoms with E-state index in [1.54, 1.807) is 0 Å². The van der Waals surface area contributed by atoms with E-state index in [-0.39, 0.29) is 11.9 Å². The van der Waals surface area contributed by atoms with Crippen LogP contribution in [0.3, 0.4) is 0 Å². The first kappa shape index (κ1) is 10.9. The fraction of sp³-hybridized carbons (Fsp3) is 0.556. The van der Waals surface area contributed by atoms with E-state index in [1.807, 2.05) is 0 Å². The van der Waals surface area contributed by atoms with Crippen molar-refractivity contribution in [3.8, 4) is 6.01 Å². The highest BCUT2D eigenvalue weighted by Crippen LogP contribution is 2.39. The largest absolute Gasteiger partial charge is 0.453 e. The lowest BCUT2D eigenvalue weighted by Crippen LogP contribution is -2.34. The van der Waals surface area contributed by atoms with Crippen LogP contribution in [-0.4, -0.2) is 38.8 Å². The Balaban J connectivity index is 2.02. The van der Waals surface area contributed by atoms with Crippen LogP contribution in [0.2, 0.25) is 0 Å². The van der Waals surface area contributed by atoms with Gasteiger partial charge in [-0.3, -0.25) is 9.36 Å². The molecule has 0 saturated carbocycles. The Bertz CT molecular complexity index is 522. The number of alkyl halides is 1. The fourth-order valence-electron chi connectivity index (χ4n) is 2.02. The van der Waals surface area contributed by atoms with E-state index < -0.39 is 35.9 Å². The minimum Gasteiger partial charge on any atom is -0.453 e. The van der Waals surface area contributed by atoms with E-state index in [1.165, 1.54) is 4.57 Å². The Morgan fingerprint density at radius 2 is 2.41 bits per heavy atom. The smallest absolute Gasteiger partial charge is 0.311 e. The number of aliphatic hydroxyl groups excluding tert-OH is 1. The van der Waals surface area contributed by atoms with Crippen molar-refractivity contribution in [1.29, 1.82) is 0 Å². The summed E-state index contributed by atoms with van der Waals surface area (Å²) in [5, 5.41) is 9.82. The Hall–Kier alpha value is -1.18. The van der Waals surface area contributed by atoms with Crippen molar-refractivity contribution < 1.29 is 19.0 Å². The van der Waals surface area contributed by atoms with Gasteiger partial charge in [-0.2, -0.15) is 9.37 Å². The molecular weight excluding hydrogens is 255 g/mol. The molecule has 0 spiro atoms. The number of aliphatic hydroxyl groups is 1. The third kappa shape index (κ3) is 1.46. The Kier molecular flexibility index (Phi) is 2.35. The number of ether oxygens (including phenoxy) is 2. The van der Waals surface area contributed by atoms with Crippen molar-refractivity contribution in [1.82, 2.24) is 9.55 Å². The van der Waals surface area contributed by atoms with E-state index in [9.17, 15) is 14.3 Å². The molecule has 2 aliphatic rings. The number of nitrogens with zero attached hydrogens (tertiary/aromatic N) is 2. The van der Waals surface area contributed by atoms with Crippen LogP contribution in [0.15, 0.2) is 11.0 Å². The predicted molar refractivity (Wildman–Crippen MR) is 53.5 cm³/mol. The summed E-state index contributed by atoms with van der Waals surface area (Å²) < 4.78 is 25.0. The quantitative estimate of drug-likeness (QED) is 0.700. The van der Waals surface area contributed by atoms with Crippen molar-refractivity contribution in [3.05, 3.63) is 22.4 Å². The predicted octanol–water partition coefficient (Wildman–Crippen LogP) is -0.359. The second kappa shape index (κ2) is 3.66. The number of rotatable bonds is 1. The number of halogens is 2. The van der Waals surface area contributed by atoms with E-state index >= 15 is 0 Å². The summed E-state index contributed by atoms with van der Waals surface area (Å²) in [6.07, 6.45) is -1.97. The maximum atomic E-state index is 13.1. The first-order valence-electron chi connectivity index (χ1n) is 4.96. The van der Waals surface area contributed by atoms with E-state index in [0.29, 0.717) is 0 Å². The zero-order chi connectivity index (χ0) is 12.2. The van der Waals surface area contributed by atoms with Gasteiger partial charge >= 0.3 is 11.6 Å². The SMILES string of the molecule is O=c1nc2n(cc1F)[C@H]1O[C@@H](CCl)[C@@H](O)[C@@H]1O2. The monoisotopic (exact) mass is 262 g/mol. The van der Waals surface area contributed by atoms with Crippen molar-refractivity contribution >= 4 is 11.6 Å². The summed E-state index contributed by atoms with van der Waals surface area (Å²) in [5.41, 5.74) is -1.00. The highest BCUT2D eigenvalue weighted by atomic mass is 35.5. The molecule has 17 heavy (non-hydrogen) atoms. The van der Waals surface area contributed by atoms with Crippen LogP contribution < -0.4 is 10.3 Å². The van der Waals surface area contributed by atoms with Crippen LogP contribution in [0.4, 0.5) is 4.39 Å². The molecule has 1 fully saturated rings. The van der Waals surface area contributed by atoms with Gasteiger partial charge in [0.05, 0.1) is 12.1 Å². The normalized spacial score (nSPS) is 34.3. The average Bonchev–Trinajstić information content (AvgIpc) is 2.78. The maximum Gasteiger partial charge on any atom is 0.311 e. The molecule has 0 bridgehead atoms. The molecule has 2 aliphatic heterocycles. The Morgan fingerprint density at radius 1 is 1.65 bits per heavy atom. The van der Waals surface area contributed by atoms with Gasteiger partial charge in [-0.15, -0.1) is 11.6 Å². The lowest BCUT2D eigenvalue weighted by atomic mass is 10.1. The van der Waals surface area contributed by atoms with E-state index in [4.69, 9.17) is 21.1 Å². The van der Waals surface area contributed by atoms with Crippen LogP contribution >= 0.6 is 11.6 Å². The van der Waals surface area contributed by atoms with Gasteiger partial charge in [0, 0.05) is 0 Å². The third-order valence-corrected chi connectivity index (χ3v) is 3.16. The Morgan fingerprint density at radius 3 is 3.12 bits per heavy atom. The molecule has 92 valence electrons. The molecule has 8 heteroatoms. The van der Waals surface area contributed by atoms with Gasteiger partial charge < -0.3 is 14.6 Å². The van der Waals surface area contributed by atoms with Crippen LogP contribution in [0.1, 0.15) is 6.23 Å². The van der Waals surface area contributed by atoms with Crippen molar-refractivity contribution in [3.63, 3.8) is 0 Å². The van der Waals surface area contributed by atoms with Crippen LogP contribution in [0.25, 0.3) is 0 Å². The standard InChI is InChI=1S/C9H8ClFN2O4/c10-1-4-5(14)6-8(16-4)13-2-3(11)7(15)12-9(13)17-6/h2,4-6,8,14H,1H2/t4-,5+,6-,8-/m0/s1. The Labute approximate surface area is 99.5 Å². The molecule has 4 atom stereocenters. The van der Waals surface area contributed by atoms with Gasteiger partial charge in [0.1, 0.15) is 12.2 Å². The summed E-state index contributed by atoms with van der Waals surface area (Å²) >= 11 is 5.61. The molecule has 0 amide bonds. The van der Waals surface area contributed by atoms with Crippen LogP contribution in [0.5, 0.6) is 6.01 Å². The molecule has 1 saturated heterocycles. The zero-order valence-corrected chi connectivity index (χ0v) is 9.17. The second-order valence-electron chi connectivity index (χ2n) is 3.88. The number of hydrogen-bond acceptors (Lipinski definition) is 5. The van der Waals surface area contributed by atoms with Crippen LogP contribution in [-0.2, 0) is 4.74 Å². The van der Waals surface area contributed by atoms with Gasteiger partial charge in [-0.25, -0.2) is 0 Å². The summed E-state index contributed by atoms with van der Waals surface area (Å²) in [5.74, 6) is -0.895. The number of hydrogen-bond donors (Lipinski definition) is 1. The third-order valence-electron chi connectivity index (χ3n) is 2.86. The van der Waals surface area contributed by atoms with Crippen LogP contribution in [0, 0.1) is 5.82 Å². The fourth-order valence-corrected chi connectivity index (χ4v) is 2.27. The number of aromatic nitrogens is 2. The van der Waals surface area contributed by atoms with Crippen molar-refractivity contribution in [2.45, 2.75) is 24.5 Å². The van der Waals surface area contributed by atoms with Gasteiger partial charge in [-0.1, -0.05) is 0 Å². The topological polar surface area (TPSA) is 73.6 Å². The molecule has 6 nitrogen and oxygen atoms in total. The molecule has 1 aromatic rings. The van der Waals surface area contributed by atoms with Gasteiger partial charge in [0.2, 0.25) is 5.82 Å². The zero-order valence-electron chi connectivity index (χ0n) is 8.42. The van der Waals surface area contributed by atoms with Gasteiger partial charge in [-0.05, 0) is 0 Å². The highest BCUT2D eigenvalue weighted by Gasteiger charge is 2.51. The summed E-state index contributed by atoms with van der Waals surface area (Å²) in [4.78, 5) is 14.4. The lowest BCUT2D eigenvalue weighted by molar-refractivity contribution is -0.00503. The molecule has 1 aromatic heterocycles. The van der Waals surface area contributed by atoms with E-state index in [0.717, 1.165) is 6.20 Å². The van der Waals surface area contributed by atoms with Gasteiger partial charge in [0.25, 0.3) is 0 Å². The first-order valence-corrected chi connectivity index (χ1v) is 5.50. The van der Waals surface area contributed by atoms with Crippen molar-refractivity contribution in [2.75, 3.05) is 5.88 Å². The molecule has 0 aliphatic carbocycles. The summed E-state index contributed by atoms with van der Waals surface area (Å²) in [7, 11) is 0. The number of fused-ring (bicyclic) bond motifs is 3. The molecule has 1 N–H and O–H groups in total. The highest BCUT2D eigenvalue weighted by molar-refractivity contribution is 6.18. The average molecular weight is 263 g/mol. The molecule has 3 heterocycles. The minimum absolute atomic E-state index is 0.0570. The lowest BCUT2D eigenvalue weighted by Gasteiger charge is -2.13. The molecule has 3 rings (SSSR count). The molecule has 0 radical (unpaired) electrons. The maximum absolute atomic E-state index is 13.1.